The lowest BCUT2D eigenvalue weighted by Crippen LogP contribution is -2.06. The number of nitro groups is 2. The number of aliphatic imine (C=N–C) groups is 1. The Kier molecular flexibility index (Phi) is 4.89. The Morgan fingerprint density at radius 3 is 2.19 bits per heavy atom. The molecule has 0 unspecified atom stereocenters. The summed E-state index contributed by atoms with van der Waals surface area (Å²) in [6, 6.07) is 7.80. The first kappa shape index (κ1) is 18.5. The number of ether oxygens (including phenoxy) is 1. The fourth-order valence-electron chi connectivity index (χ4n) is 2.24. The van der Waals surface area contributed by atoms with Crippen LogP contribution in [0.5, 0.6) is 0 Å². The molecule has 0 spiro atoms. The Hall–Kier alpha value is -3.30. The van der Waals surface area contributed by atoms with Crippen molar-refractivity contribution in [3.8, 4) is 0 Å². The molecule has 0 atom stereocenters. The predicted molar refractivity (Wildman–Crippen MR) is 96.8 cm³/mol. The van der Waals surface area contributed by atoms with Crippen molar-refractivity contribution in [1.82, 2.24) is 0 Å². The monoisotopic (exact) mass is 407 g/mol. The van der Waals surface area contributed by atoms with Gasteiger partial charge >= 0.3 is 5.97 Å². The zero-order chi connectivity index (χ0) is 19.7. The standard InChI is InChI=1S/C16H7Cl2N3O6/c17-10-3-1-8(6-13(10)20(23)24)5-12-16(22)27-15(19-12)9-2-4-11(18)14(7-9)21(25)26/h1-7H/b12-5-. The van der Waals surface area contributed by atoms with Gasteiger partial charge in [0.1, 0.15) is 10.0 Å². The number of benzene rings is 2. The first-order valence-electron chi connectivity index (χ1n) is 7.17. The van der Waals surface area contributed by atoms with Gasteiger partial charge in [-0.3, -0.25) is 20.2 Å². The van der Waals surface area contributed by atoms with Gasteiger partial charge in [0.25, 0.3) is 11.4 Å². The van der Waals surface area contributed by atoms with Crippen LogP contribution < -0.4 is 0 Å². The van der Waals surface area contributed by atoms with Crippen LogP contribution >= 0.6 is 23.2 Å². The van der Waals surface area contributed by atoms with Gasteiger partial charge in [-0.15, -0.1) is 0 Å². The molecule has 0 bridgehead atoms. The van der Waals surface area contributed by atoms with Crippen molar-refractivity contribution in [3.63, 3.8) is 0 Å². The molecule has 0 amide bonds. The minimum atomic E-state index is -0.805. The average Bonchev–Trinajstić information content (AvgIpc) is 2.97. The molecular weight excluding hydrogens is 401 g/mol. The number of carbonyl (C=O) groups excluding carboxylic acids is 1. The number of nitro benzene ring substituents is 2. The summed E-state index contributed by atoms with van der Waals surface area (Å²) < 4.78 is 5.03. The van der Waals surface area contributed by atoms with Crippen molar-refractivity contribution in [1.29, 1.82) is 0 Å². The van der Waals surface area contributed by atoms with E-state index in [1.54, 1.807) is 0 Å². The Balaban J connectivity index is 1.99. The Morgan fingerprint density at radius 1 is 0.963 bits per heavy atom. The lowest BCUT2D eigenvalue weighted by Gasteiger charge is -2.00. The van der Waals surface area contributed by atoms with Gasteiger partial charge in [0.15, 0.2) is 5.70 Å². The second kappa shape index (κ2) is 7.14. The molecule has 0 aromatic heterocycles. The van der Waals surface area contributed by atoms with Crippen molar-refractivity contribution >= 4 is 52.5 Å². The number of esters is 1. The maximum absolute atomic E-state index is 12.0. The zero-order valence-corrected chi connectivity index (χ0v) is 14.6. The summed E-state index contributed by atoms with van der Waals surface area (Å²) >= 11 is 11.5. The van der Waals surface area contributed by atoms with Crippen molar-refractivity contribution < 1.29 is 19.4 Å². The van der Waals surface area contributed by atoms with Crippen LogP contribution in [0.25, 0.3) is 6.08 Å². The number of nitrogens with zero attached hydrogens (tertiary/aromatic N) is 3. The summed E-state index contributed by atoms with van der Waals surface area (Å²) in [6.45, 7) is 0. The van der Waals surface area contributed by atoms with E-state index in [0.29, 0.717) is 5.56 Å². The molecule has 1 aliphatic rings. The second-order valence-electron chi connectivity index (χ2n) is 5.23. The van der Waals surface area contributed by atoms with Gasteiger partial charge in [-0.1, -0.05) is 29.3 Å². The Labute approximate surface area is 160 Å². The Morgan fingerprint density at radius 2 is 1.56 bits per heavy atom. The van der Waals surface area contributed by atoms with Crippen molar-refractivity contribution in [2.24, 2.45) is 4.99 Å². The lowest BCUT2D eigenvalue weighted by molar-refractivity contribution is -0.384. The molecule has 0 fully saturated rings. The highest BCUT2D eigenvalue weighted by Crippen LogP contribution is 2.29. The summed E-state index contributed by atoms with van der Waals surface area (Å²) in [5.41, 5.74) is -0.317. The highest BCUT2D eigenvalue weighted by atomic mass is 35.5. The lowest BCUT2D eigenvalue weighted by atomic mass is 10.1. The highest BCUT2D eigenvalue weighted by Gasteiger charge is 2.26. The molecule has 0 radical (unpaired) electrons. The van der Waals surface area contributed by atoms with Crippen LogP contribution in [-0.4, -0.2) is 21.7 Å². The van der Waals surface area contributed by atoms with E-state index in [-0.39, 0.29) is 38.6 Å². The van der Waals surface area contributed by atoms with E-state index < -0.39 is 15.8 Å². The van der Waals surface area contributed by atoms with Gasteiger partial charge in [-0.05, 0) is 29.8 Å². The number of hydrogen-bond acceptors (Lipinski definition) is 7. The molecule has 9 nitrogen and oxygen atoms in total. The van der Waals surface area contributed by atoms with Gasteiger partial charge in [0.05, 0.1) is 9.85 Å². The molecule has 1 heterocycles. The first-order chi connectivity index (χ1) is 12.8. The number of rotatable bonds is 4. The van der Waals surface area contributed by atoms with Crippen LogP contribution in [0.1, 0.15) is 11.1 Å². The normalized spacial score (nSPS) is 14.8. The molecule has 136 valence electrons. The number of hydrogen-bond donors (Lipinski definition) is 0. The van der Waals surface area contributed by atoms with Gasteiger partial charge in [0.2, 0.25) is 5.90 Å². The maximum atomic E-state index is 12.0. The zero-order valence-electron chi connectivity index (χ0n) is 13.1. The van der Waals surface area contributed by atoms with Crippen LogP contribution in [0.3, 0.4) is 0 Å². The quantitative estimate of drug-likeness (QED) is 0.324. The molecule has 1 aliphatic heterocycles. The molecule has 0 N–H and O–H groups in total. The van der Waals surface area contributed by atoms with Crippen LogP contribution in [0, 0.1) is 20.2 Å². The summed E-state index contributed by atoms with van der Waals surface area (Å²) in [5, 5.41) is 21.8. The smallest absolute Gasteiger partial charge is 0.363 e. The SMILES string of the molecule is O=C1OC(c2ccc(Cl)c([N+](=O)[O-])c2)=N/C1=C\c1ccc(Cl)c([N+](=O)[O-])c1. The predicted octanol–water partition coefficient (Wildman–Crippen LogP) is 4.15. The van der Waals surface area contributed by atoms with E-state index in [1.807, 2.05) is 0 Å². The summed E-state index contributed by atoms with van der Waals surface area (Å²) in [7, 11) is 0. The van der Waals surface area contributed by atoms with E-state index in [1.165, 1.54) is 36.4 Å². The van der Waals surface area contributed by atoms with E-state index in [4.69, 9.17) is 27.9 Å². The van der Waals surface area contributed by atoms with Crippen molar-refractivity contribution in [2.45, 2.75) is 0 Å². The fourth-order valence-corrected chi connectivity index (χ4v) is 2.61. The van der Waals surface area contributed by atoms with Gasteiger partial charge in [-0.25, -0.2) is 9.79 Å². The van der Waals surface area contributed by atoms with Crippen LogP contribution in [0.4, 0.5) is 11.4 Å². The van der Waals surface area contributed by atoms with Crippen LogP contribution in [0.15, 0.2) is 47.1 Å². The minimum absolute atomic E-state index is 0.0474. The third-order valence-corrected chi connectivity index (χ3v) is 4.12. The molecule has 0 aliphatic carbocycles. The van der Waals surface area contributed by atoms with Crippen LogP contribution in [0.2, 0.25) is 10.0 Å². The van der Waals surface area contributed by atoms with E-state index in [2.05, 4.69) is 4.99 Å². The van der Waals surface area contributed by atoms with Gasteiger partial charge in [-0.2, -0.15) is 0 Å². The number of halogens is 2. The van der Waals surface area contributed by atoms with Gasteiger partial charge in [0, 0.05) is 17.7 Å². The van der Waals surface area contributed by atoms with Gasteiger partial charge < -0.3 is 4.74 Å². The molecule has 27 heavy (non-hydrogen) atoms. The van der Waals surface area contributed by atoms with Crippen molar-refractivity contribution in [2.75, 3.05) is 0 Å². The largest absolute Gasteiger partial charge is 0.402 e. The molecule has 2 aromatic carbocycles. The third kappa shape index (κ3) is 3.78. The third-order valence-electron chi connectivity index (χ3n) is 3.48. The van der Waals surface area contributed by atoms with E-state index in [9.17, 15) is 25.0 Å². The second-order valence-corrected chi connectivity index (χ2v) is 6.04. The Bertz CT molecular complexity index is 1060. The van der Waals surface area contributed by atoms with E-state index in [0.717, 1.165) is 6.07 Å². The van der Waals surface area contributed by atoms with E-state index >= 15 is 0 Å². The first-order valence-corrected chi connectivity index (χ1v) is 7.92. The molecule has 11 heteroatoms. The molecule has 0 saturated carbocycles. The van der Waals surface area contributed by atoms with Crippen LogP contribution in [-0.2, 0) is 9.53 Å². The minimum Gasteiger partial charge on any atom is -0.402 e. The molecule has 2 aromatic rings. The summed E-state index contributed by atoms with van der Waals surface area (Å²) in [5.74, 6) is -0.949. The number of cyclic esters (lactones) is 1. The molecular formula is C16H7Cl2N3O6. The summed E-state index contributed by atoms with van der Waals surface area (Å²) in [4.78, 5) is 36.6. The average molecular weight is 408 g/mol. The molecule has 0 saturated heterocycles. The molecule has 3 rings (SSSR count). The van der Waals surface area contributed by atoms with Crippen molar-refractivity contribution in [3.05, 3.63) is 83.5 Å². The fraction of sp³-hybridized carbons (Fsp3) is 0. The topological polar surface area (TPSA) is 125 Å². The highest BCUT2D eigenvalue weighted by molar-refractivity contribution is 6.33. The maximum Gasteiger partial charge on any atom is 0.363 e. The summed E-state index contributed by atoms with van der Waals surface area (Å²) in [6.07, 6.45) is 1.28. The number of carbonyl (C=O) groups is 1.